The van der Waals surface area contributed by atoms with Gasteiger partial charge in [0.1, 0.15) is 0 Å². The lowest BCUT2D eigenvalue weighted by Gasteiger charge is -2.28. The highest BCUT2D eigenvalue weighted by Gasteiger charge is 2.44. The molecule has 30 heavy (non-hydrogen) atoms. The van der Waals surface area contributed by atoms with E-state index in [4.69, 9.17) is 0 Å². The van der Waals surface area contributed by atoms with Crippen LogP contribution in [0.3, 0.4) is 0 Å². The van der Waals surface area contributed by atoms with E-state index in [0.717, 1.165) is 25.1 Å². The lowest BCUT2D eigenvalue weighted by atomic mass is 9.78. The summed E-state index contributed by atoms with van der Waals surface area (Å²) in [4.78, 5) is 39.0. The Balaban J connectivity index is 1.62. The van der Waals surface area contributed by atoms with Gasteiger partial charge in [-0.25, -0.2) is 0 Å². The number of allylic oxidation sites excluding steroid dienone is 1. The second-order valence-corrected chi connectivity index (χ2v) is 8.95. The molecule has 0 aromatic heterocycles. The summed E-state index contributed by atoms with van der Waals surface area (Å²) in [6, 6.07) is 11.9. The standard InChI is InChI=1S/C24H22N2O4/c1-24-10-4-5-17(13-24)25(14-24)21-9-8-16(26(29)30)11-15(21)12-20-22(27)18-6-2-3-7-19(18)23(20)28/h2-3,6-9,11-12,17H,4-5,10,13-14H2,1H3/t17-,24+/m0/s1. The molecule has 2 bridgehead atoms. The van der Waals surface area contributed by atoms with Crippen LogP contribution in [0.2, 0.25) is 0 Å². The molecular formula is C24H22N2O4. The van der Waals surface area contributed by atoms with Gasteiger partial charge in [-0.15, -0.1) is 0 Å². The Morgan fingerprint density at radius 1 is 1.13 bits per heavy atom. The zero-order chi connectivity index (χ0) is 21.0. The van der Waals surface area contributed by atoms with E-state index >= 15 is 0 Å². The van der Waals surface area contributed by atoms with Crippen molar-refractivity contribution in [3.8, 4) is 0 Å². The molecular weight excluding hydrogens is 380 g/mol. The number of carbonyl (C=O) groups excluding carboxylic acids is 2. The lowest BCUT2D eigenvalue weighted by Crippen LogP contribution is -2.29. The molecule has 0 amide bonds. The van der Waals surface area contributed by atoms with E-state index in [1.165, 1.54) is 25.0 Å². The largest absolute Gasteiger partial charge is 0.367 e. The third-order valence-corrected chi connectivity index (χ3v) is 6.78. The number of rotatable bonds is 3. The van der Waals surface area contributed by atoms with Crippen molar-refractivity contribution in [3.05, 3.63) is 74.8 Å². The molecule has 2 aliphatic carbocycles. The van der Waals surface area contributed by atoms with Crippen molar-refractivity contribution < 1.29 is 14.5 Å². The topological polar surface area (TPSA) is 80.5 Å². The number of anilines is 1. The molecule has 1 saturated heterocycles. The van der Waals surface area contributed by atoms with E-state index < -0.39 is 4.92 Å². The maximum atomic E-state index is 12.9. The molecule has 6 heteroatoms. The van der Waals surface area contributed by atoms with Crippen LogP contribution in [0, 0.1) is 15.5 Å². The first-order chi connectivity index (χ1) is 14.4. The monoisotopic (exact) mass is 402 g/mol. The molecule has 3 aliphatic rings. The highest BCUT2D eigenvalue weighted by atomic mass is 16.6. The van der Waals surface area contributed by atoms with Gasteiger partial charge in [0.25, 0.3) is 5.69 Å². The van der Waals surface area contributed by atoms with Gasteiger partial charge in [-0.3, -0.25) is 19.7 Å². The fraction of sp³-hybridized carbons (Fsp3) is 0.333. The van der Waals surface area contributed by atoms with Gasteiger partial charge < -0.3 is 4.90 Å². The minimum Gasteiger partial charge on any atom is -0.367 e. The number of hydrogen-bond acceptors (Lipinski definition) is 5. The molecule has 0 unspecified atom stereocenters. The van der Waals surface area contributed by atoms with Crippen LogP contribution in [0.5, 0.6) is 0 Å². The molecule has 1 saturated carbocycles. The van der Waals surface area contributed by atoms with Crippen molar-refractivity contribution in [1.29, 1.82) is 0 Å². The van der Waals surface area contributed by atoms with Crippen LogP contribution in [-0.2, 0) is 0 Å². The Morgan fingerprint density at radius 2 is 1.83 bits per heavy atom. The Hall–Kier alpha value is -3.28. The zero-order valence-corrected chi connectivity index (χ0v) is 16.8. The van der Waals surface area contributed by atoms with Crippen LogP contribution in [0.15, 0.2) is 48.0 Å². The highest BCUT2D eigenvalue weighted by molar-refractivity contribution is 6.41. The molecule has 2 aromatic rings. The van der Waals surface area contributed by atoms with Crippen LogP contribution in [-0.4, -0.2) is 29.1 Å². The Morgan fingerprint density at radius 3 is 2.47 bits per heavy atom. The van der Waals surface area contributed by atoms with E-state index in [0.29, 0.717) is 22.7 Å². The van der Waals surface area contributed by atoms with Gasteiger partial charge in [-0.1, -0.05) is 37.6 Å². The molecule has 152 valence electrons. The lowest BCUT2D eigenvalue weighted by molar-refractivity contribution is -0.384. The smallest absolute Gasteiger partial charge is 0.270 e. The second kappa shape index (κ2) is 6.62. The summed E-state index contributed by atoms with van der Waals surface area (Å²) in [5.41, 5.74) is 2.48. The zero-order valence-electron chi connectivity index (χ0n) is 16.8. The highest BCUT2D eigenvalue weighted by Crippen LogP contribution is 2.48. The third-order valence-electron chi connectivity index (χ3n) is 6.78. The number of fused-ring (bicyclic) bond motifs is 3. The maximum absolute atomic E-state index is 12.9. The molecule has 1 aliphatic heterocycles. The van der Waals surface area contributed by atoms with Crippen LogP contribution in [0.1, 0.15) is 58.9 Å². The Labute approximate surface area is 174 Å². The summed E-state index contributed by atoms with van der Waals surface area (Å²) in [7, 11) is 0. The fourth-order valence-corrected chi connectivity index (χ4v) is 5.36. The number of benzene rings is 2. The first-order valence-corrected chi connectivity index (χ1v) is 10.3. The van der Waals surface area contributed by atoms with Crippen molar-refractivity contribution >= 4 is 29.0 Å². The van der Waals surface area contributed by atoms with Crippen molar-refractivity contribution in [1.82, 2.24) is 0 Å². The molecule has 1 heterocycles. The summed E-state index contributed by atoms with van der Waals surface area (Å²) in [5.74, 6) is -0.639. The van der Waals surface area contributed by atoms with Gasteiger partial charge in [0.15, 0.2) is 11.6 Å². The molecule has 2 atom stereocenters. The van der Waals surface area contributed by atoms with E-state index in [1.807, 2.05) is 0 Å². The van der Waals surface area contributed by atoms with Gasteiger partial charge in [0.05, 0.1) is 10.5 Å². The summed E-state index contributed by atoms with van der Waals surface area (Å²) >= 11 is 0. The van der Waals surface area contributed by atoms with Gasteiger partial charge in [-0.2, -0.15) is 0 Å². The first kappa shape index (κ1) is 18.7. The number of hydrogen-bond donors (Lipinski definition) is 0. The number of nitro groups is 1. The van der Waals surface area contributed by atoms with Gasteiger partial charge in [-0.05, 0) is 36.8 Å². The maximum Gasteiger partial charge on any atom is 0.270 e. The minimum absolute atomic E-state index is 0.0469. The molecule has 2 aromatic carbocycles. The van der Waals surface area contributed by atoms with Crippen LogP contribution in [0.4, 0.5) is 11.4 Å². The third kappa shape index (κ3) is 2.86. The number of non-ortho nitro benzene ring substituents is 1. The predicted molar refractivity (Wildman–Crippen MR) is 114 cm³/mol. The molecule has 5 rings (SSSR count). The summed E-state index contributed by atoms with van der Waals surface area (Å²) in [6.07, 6.45) is 6.09. The normalized spacial score (nSPS) is 24.9. The van der Waals surface area contributed by atoms with Crippen LogP contribution < -0.4 is 4.90 Å². The minimum atomic E-state index is -0.442. The number of Topliss-reactive ketones (excluding diaryl/α,β-unsaturated/α-hetero) is 2. The summed E-state index contributed by atoms with van der Waals surface area (Å²) in [5, 5.41) is 11.4. The predicted octanol–water partition coefficient (Wildman–Crippen LogP) is 4.83. The first-order valence-electron chi connectivity index (χ1n) is 10.3. The number of ketones is 2. The molecule has 0 spiro atoms. The SMILES string of the molecule is C[C@@]12CCC[C@@H](C1)N(c1ccc([N+](=O)[O-])cc1C=C1C(=O)c3ccccc3C1=O)C2. The molecule has 0 N–H and O–H groups in total. The number of carbonyl (C=O) groups is 2. The van der Waals surface area contributed by atoms with Crippen molar-refractivity contribution in [2.24, 2.45) is 5.41 Å². The Kier molecular flexibility index (Phi) is 4.13. The van der Waals surface area contributed by atoms with Gasteiger partial charge >= 0.3 is 0 Å². The molecule has 2 fully saturated rings. The van der Waals surface area contributed by atoms with E-state index in [2.05, 4.69) is 11.8 Å². The van der Waals surface area contributed by atoms with Crippen molar-refractivity contribution in [3.63, 3.8) is 0 Å². The average molecular weight is 402 g/mol. The quantitative estimate of drug-likeness (QED) is 0.318. The summed E-state index contributed by atoms with van der Waals surface area (Å²) < 4.78 is 0. The van der Waals surface area contributed by atoms with Crippen LogP contribution >= 0.6 is 0 Å². The van der Waals surface area contributed by atoms with Crippen LogP contribution in [0.25, 0.3) is 6.08 Å². The molecule has 6 nitrogen and oxygen atoms in total. The molecule has 0 radical (unpaired) electrons. The second-order valence-electron chi connectivity index (χ2n) is 8.95. The average Bonchev–Trinajstić information content (AvgIpc) is 3.11. The summed E-state index contributed by atoms with van der Waals surface area (Å²) in [6.45, 7) is 3.18. The fourth-order valence-electron chi connectivity index (χ4n) is 5.36. The number of nitrogens with zero attached hydrogens (tertiary/aromatic N) is 2. The van der Waals surface area contributed by atoms with E-state index in [-0.39, 0.29) is 28.2 Å². The van der Waals surface area contributed by atoms with Gasteiger partial charge in [0, 0.05) is 47.1 Å². The van der Waals surface area contributed by atoms with Gasteiger partial charge in [0.2, 0.25) is 0 Å². The van der Waals surface area contributed by atoms with Crippen molar-refractivity contribution in [2.75, 3.05) is 11.4 Å². The van der Waals surface area contributed by atoms with E-state index in [1.54, 1.807) is 36.4 Å². The van der Waals surface area contributed by atoms with Crippen molar-refractivity contribution in [2.45, 2.75) is 38.6 Å². The number of nitro benzene ring substituents is 1. The van der Waals surface area contributed by atoms with E-state index in [9.17, 15) is 19.7 Å². The Bertz CT molecular complexity index is 1100.